The summed E-state index contributed by atoms with van der Waals surface area (Å²) in [5.41, 5.74) is 1.84. The molecule has 0 unspecified atom stereocenters. The van der Waals surface area contributed by atoms with Crippen molar-refractivity contribution in [1.82, 2.24) is 9.66 Å². The molecule has 6 rings (SSSR count). The van der Waals surface area contributed by atoms with Crippen molar-refractivity contribution < 1.29 is 23.1 Å². The van der Waals surface area contributed by atoms with Crippen LogP contribution in [0.4, 0.5) is 10.1 Å². The van der Waals surface area contributed by atoms with Crippen LogP contribution in [0.1, 0.15) is 12.5 Å². The molecule has 0 spiro atoms. The lowest BCUT2D eigenvalue weighted by Crippen LogP contribution is -2.20. The zero-order valence-corrected chi connectivity index (χ0v) is 24.9. The third-order valence-corrected chi connectivity index (χ3v) is 7.12. The van der Waals surface area contributed by atoms with Crippen molar-refractivity contribution >= 4 is 55.6 Å². The standard InChI is InChI=1S/C33H24BrFN4O5/c1-2-42-28-16-20(15-25(34)31(28)43-19-30(40)37-23-13-11-22(35)12-14-23)18-36-39-32(29-17-21-7-3-6-10-27(21)44-29)38-26-9-5-4-8-24(26)33(39)41/h3-18H,2,19H2,1H3,(H,37,40). The Hall–Kier alpha value is -5.29. The van der Waals surface area contributed by atoms with Crippen LogP contribution in [0.25, 0.3) is 33.5 Å². The van der Waals surface area contributed by atoms with Gasteiger partial charge in [-0.05, 0) is 89.1 Å². The number of carbonyl (C=O) groups is 1. The third kappa shape index (κ3) is 6.09. The molecule has 9 nitrogen and oxygen atoms in total. The Labute approximate surface area is 258 Å². The zero-order chi connectivity index (χ0) is 30.6. The van der Waals surface area contributed by atoms with Gasteiger partial charge in [-0.3, -0.25) is 9.59 Å². The van der Waals surface area contributed by atoms with E-state index in [0.29, 0.717) is 56.1 Å². The Morgan fingerprint density at radius 2 is 1.82 bits per heavy atom. The Morgan fingerprint density at radius 3 is 2.61 bits per heavy atom. The van der Waals surface area contributed by atoms with Crippen LogP contribution in [0.2, 0.25) is 0 Å². The first kappa shape index (κ1) is 28.8. The van der Waals surface area contributed by atoms with Crippen molar-refractivity contribution in [2.24, 2.45) is 5.10 Å². The molecule has 6 aromatic rings. The maximum Gasteiger partial charge on any atom is 0.282 e. The molecule has 0 aliphatic rings. The molecular weight excluding hydrogens is 631 g/mol. The van der Waals surface area contributed by atoms with E-state index >= 15 is 0 Å². The minimum atomic E-state index is -0.433. The summed E-state index contributed by atoms with van der Waals surface area (Å²) < 4.78 is 32.5. The zero-order valence-electron chi connectivity index (χ0n) is 23.3. The maximum absolute atomic E-state index is 13.6. The molecule has 0 fully saturated rings. The van der Waals surface area contributed by atoms with Gasteiger partial charge in [0.1, 0.15) is 11.4 Å². The van der Waals surface area contributed by atoms with Gasteiger partial charge in [0.05, 0.1) is 28.2 Å². The predicted molar refractivity (Wildman–Crippen MR) is 170 cm³/mol. The van der Waals surface area contributed by atoms with Crippen LogP contribution in [0.3, 0.4) is 0 Å². The van der Waals surface area contributed by atoms with Crippen LogP contribution in [0, 0.1) is 5.82 Å². The predicted octanol–water partition coefficient (Wildman–Crippen LogP) is 7.01. The minimum absolute atomic E-state index is 0.248. The molecule has 0 aliphatic heterocycles. The third-order valence-electron chi connectivity index (χ3n) is 6.53. The Bertz CT molecular complexity index is 2060. The van der Waals surface area contributed by atoms with Crippen molar-refractivity contribution in [2.75, 3.05) is 18.5 Å². The van der Waals surface area contributed by atoms with E-state index in [0.717, 1.165) is 5.39 Å². The second-order valence-electron chi connectivity index (χ2n) is 9.57. The van der Waals surface area contributed by atoms with E-state index in [1.807, 2.05) is 43.3 Å². The number of nitrogens with one attached hydrogen (secondary N) is 1. The van der Waals surface area contributed by atoms with Crippen molar-refractivity contribution in [2.45, 2.75) is 6.92 Å². The van der Waals surface area contributed by atoms with Crippen LogP contribution >= 0.6 is 15.9 Å². The summed E-state index contributed by atoms with van der Waals surface area (Å²) in [6.07, 6.45) is 1.50. The molecule has 0 radical (unpaired) electrons. The molecular formula is C33H24BrFN4O5. The summed E-state index contributed by atoms with van der Waals surface area (Å²) in [4.78, 5) is 30.8. The van der Waals surface area contributed by atoms with Crippen molar-refractivity contribution in [3.8, 4) is 23.1 Å². The first-order valence-corrected chi connectivity index (χ1v) is 14.4. The molecule has 220 valence electrons. The van der Waals surface area contributed by atoms with Crippen molar-refractivity contribution in [1.29, 1.82) is 0 Å². The SMILES string of the molecule is CCOc1cc(C=Nn2c(-c3cc4ccccc4o3)nc3ccccc3c2=O)cc(Br)c1OCC(=O)Nc1ccc(F)cc1. The first-order valence-electron chi connectivity index (χ1n) is 13.6. The fourth-order valence-electron chi connectivity index (χ4n) is 4.54. The molecule has 0 saturated carbocycles. The van der Waals surface area contributed by atoms with Gasteiger partial charge in [-0.2, -0.15) is 9.78 Å². The molecule has 4 aromatic carbocycles. The van der Waals surface area contributed by atoms with Gasteiger partial charge in [-0.25, -0.2) is 9.37 Å². The highest BCUT2D eigenvalue weighted by atomic mass is 79.9. The van der Waals surface area contributed by atoms with Crippen LogP contribution in [-0.4, -0.2) is 35.0 Å². The molecule has 0 atom stereocenters. The molecule has 0 bridgehead atoms. The summed E-state index contributed by atoms with van der Waals surface area (Å²) in [6, 6.07) is 25.2. The smallest absolute Gasteiger partial charge is 0.282 e. The summed E-state index contributed by atoms with van der Waals surface area (Å²) in [7, 11) is 0. The van der Waals surface area contributed by atoms with Gasteiger partial charge in [0.15, 0.2) is 23.9 Å². The van der Waals surface area contributed by atoms with Crippen LogP contribution in [-0.2, 0) is 4.79 Å². The number of rotatable bonds is 9. The number of ether oxygens (including phenoxy) is 2. The number of carbonyl (C=O) groups excluding carboxylic acids is 1. The lowest BCUT2D eigenvalue weighted by molar-refractivity contribution is -0.118. The molecule has 2 aromatic heterocycles. The van der Waals surface area contributed by atoms with Crippen LogP contribution < -0.4 is 20.3 Å². The van der Waals surface area contributed by atoms with Crippen molar-refractivity contribution in [3.63, 3.8) is 0 Å². The average Bonchev–Trinajstić information content (AvgIpc) is 3.46. The molecule has 1 amide bonds. The Kier molecular flexibility index (Phi) is 8.20. The summed E-state index contributed by atoms with van der Waals surface area (Å²) in [5, 5.41) is 8.45. The maximum atomic E-state index is 13.6. The van der Waals surface area contributed by atoms with E-state index < -0.39 is 11.7 Å². The second kappa shape index (κ2) is 12.5. The summed E-state index contributed by atoms with van der Waals surface area (Å²) >= 11 is 3.50. The summed E-state index contributed by atoms with van der Waals surface area (Å²) in [6.45, 7) is 1.83. The van der Waals surface area contributed by atoms with Gasteiger partial charge in [0, 0.05) is 11.1 Å². The van der Waals surface area contributed by atoms with Gasteiger partial charge in [-0.15, -0.1) is 0 Å². The lowest BCUT2D eigenvalue weighted by atomic mass is 10.2. The van der Waals surface area contributed by atoms with E-state index in [-0.39, 0.29) is 18.0 Å². The number of nitrogens with zero attached hydrogens (tertiary/aromatic N) is 3. The lowest BCUT2D eigenvalue weighted by Gasteiger charge is -2.14. The number of benzene rings is 4. The van der Waals surface area contributed by atoms with Gasteiger partial charge < -0.3 is 19.2 Å². The number of hydrogen-bond acceptors (Lipinski definition) is 7. The number of furan rings is 1. The number of fused-ring (bicyclic) bond motifs is 2. The fourth-order valence-corrected chi connectivity index (χ4v) is 5.11. The number of amides is 1. The van der Waals surface area contributed by atoms with Gasteiger partial charge in [0.2, 0.25) is 5.82 Å². The molecule has 11 heteroatoms. The quantitative estimate of drug-likeness (QED) is 0.168. The highest BCUT2D eigenvalue weighted by Gasteiger charge is 2.17. The molecule has 0 saturated heterocycles. The number of anilines is 1. The van der Waals surface area contributed by atoms with E-state index in [9.17, 15) is 14.0 Å². The van der Waals surface area contributed by atoms with E-state index in [4.69, 9.17) is 18.9 Å². The largest absolute Gasteiger partial charge is 0.490 e. The highest BCUT2D eigenvalue weighted by Crippen LogP contribution is 2.37. The number of para-hydroxylation sites is 2. The monoisotopic (exact) mass is 654 g/mol. The highest BCUT2D eigenvalue weighted by molar-refractivity contribution is 9.10. The van der Waals surface area contributed by atoms with Crippen LogP contribution in [0.15, 0.2) is 110 Å². The fraction of sp³-hybridized carbons (Fsp3) is 0.0909. The normalized spacial score (nSPS) is 11.3. The van der Waals surface area contributed by atoms with Gasteiger partial charge in [-0.1, -0.05) is 30.3 Å². The topological polar surface area (TPSA) is 108 Å². The van der Waals surface area contributed by atoms with Gasteiger partial charge >= 0.3 is 0 Å². The second-order valence-corrected chi connectivity index (χ2v) is 10.4. The van der Waals surface area contributed by atoms with Crippen LogP contribution in [0.5, 0.6) is 11.5 Å². The minimum Gasteiger partial charge on any atom is -0.490 e. The Morgan fingerprint density at radius 1 is 1.05 bits per heavy atom. The molecule has 44 heavy (non-hydrogen) atoms. The van der Waals surface area contributed by atoms with Crippen molar-refractivity contribution in [3.05, 3.63) is 117 Å². The van der Waals surface area contributed by atoms with E-state index in [1.165, 1.54) is 35.2 Å². The number of aromatic nitrogens is 2. The van der Waals surface area contributed by atoms with E-state index in [2.05, 4.69) is 26.3 Å². The molecule has 0 aliphatic carbocycles. The number of halogens is 2. The average molecular weight is 655 g/mol. The number of hydrogen-bond donors (Lipinski definition) is 1. The Balaban J connectivity index is 1.32. The molecule has 1 N–H and O–H groups in total. The first-order chi connectivity index (χ1) is 21.4. The van der Waals surface area contributed by atoms with E-state index in [1.54, 1.807) is 30.3 Å². The summed E-state index contributed by atoms with van der Waals surface area (Å²) in [5.74, 6) is 0.478. The molecule has 2 heterocycles. The van der Waals surface area contributed by atoms with Gasteiger partial charge in [0.25, 0.3) is 11.5 Å².